The fraction of sp³-hybridized carbons (Fsp3) is 0.722. The Labute approximate surface area is 129 Å². The maximum absolute atomic E-state index is 4.84. The van der Waals surface area contributed by atoms with Crippen molar-refractivity contribution in [2.75, 3.05) is 13.1 Å². The first-order valence-corrected chi connectivity index (χ1v) is 8.59. The van der Waals surface area contributed by atoms with E-state index in [1.165, 1.54) is 50.2 Å². The Bertz CT molecular complexity index is 436. The van der Waals surface area contributed by atoms with E-state index in [2.05, 4.69) is 42.3 Å². The molecule has 3 heteroatoms. The van der Waals surface area contributed by atoms with Gasteiger partial charge in [-0.1, -0.05) is 19.9 Å². The van der Waals surface area contributed by atoms with E-state index in [9.17, 15) is 0 Å². The SMILES string of the molecule is CC(C)NCc1cccc(CN(CC2CC2)CC2CC2)n1. The Morgan fingerprint density at radius 2 is 1.71 bits per heavy atom. The normalized spacial score (nSPS) is 18.7. The van der Waals surface area contributed by atoms with Gasteiger partial charge in [0.25, 0.3) is 0 Å². The molecule has 3 nitrogen and oxygen atoms in total. The summed E-state index contributed by atoms with van der Waals surface area (Å²) in [5.41, 5.74) is 2.40. The fourth-order valence-corrected chi connectivity index (χ4v) is 2.79. The van der Waals surface area contributed by atoms with E-state index in [-0.39, 0.29) is 0 Å². The number of aromatic nitrogens is 1. The minimum atomic E-state index is 0.511. The van der Waals surface area contributed by atoms with Gasteiger partial charge in [-0.05, 0) is 49.7 Å². The Kier molecular flexibility index (Phi) is 4.91. The Balaban J connectivity index is 1.56. The van der Waals surface area contributed by atoms with Crippen LogP contribution in [0.25, 0.3) is 0 Å². The third-order valence-electron chi connectivity index (χ3n) is 4.37. The zero-order chi connectivity index (χ0) is 14.7. The molecule has 0 unspecified atom stereocenters. The average Bonchev–Trinajstić information content (AvgIpc) is 3.33. The Hall–Kier alpha value is -0.930. The molecule has 116 valence electrons. The second-order valence-corrected chi connectivity index (χ2v) is 7.24. The van der Waals surface area contributed by atoms with Crippen LogP contribution >= 0.6 is 0 Å². The molecule has 3 rings (SSSR count). The first kappa shape index (κ1) is 15.0. The van der Waals surface area contributed by atoms with Crippen molar-refractivity contribution >= 4 is 0 Å². The van der Waals surface area contributed by atoms with Crippen molar-refractivity contribution in [3.63, 3.8) is 0 Å². The van der Waals surface area contributed by atoms with Crippen molar-refractivity contribution in [1.29, 1.82) is 0 Å². The van der Waals surface area contributed by atoms with Gasteiger partial charge >= 0.3 is 0 Å². The summed E-state index contributed by atoms with van der Waals surface area (Å²) in [5, 5.41) is 3.45. The monoisotopic (exact) mass is 287 g/mol. The predicted octanol–water partition coefficient (Wildman–Crippen LogP) is 3.20. The van der Waals surface area contributed by atoms with Crippen LogP contribution in [0.2, 0.25) is 0 Å². The van der Waals surface area contributed by atoms with Crippen molar-refractivity contribution in [3.05, 3.63) is 29.6 Å². The average molecular weight is 287 g/mol. The summed E-state index contributed by atoms with van der Waals surface area (Å²) in [6.45, 7) is 8.83. The molecule has 1 N–H and O–H groups in total. The lowest BCUT2D eigenvalue weighted by atomic mass is 10.2. The van der Waals surface area contributed by atoms with Crippen LogP contribution < -0.4 is 5.32 Å². The topological polar surface area (TPSA) is 28.2 Å². The van der Waals surface area contributed by atoms with Crippen LogP contribution in [0.3, 0.4) is 0 Å². The molecule has 0 radical (unpaired) electrons. The van der Waals surface area contributed by atoms with Crippen molar-refractivity contribution in [1.82, 2.24) is 15.2 Å². The molecule has 0 amide bonds. The lowest BCUT2D eigenvalue weighted by Gasteiger charge is -2.22. The molecule has 2 fully saturated rings. The van der Waals surface area contributed by atoms with E-state index >= 15 is 0 Å². The van der Waals surface area contributed by atoms with Gasteiger partial charge in [0.1, 0.15) is 0 Å². The molecule has 0 atom stereocenters. The maximum Gasteiger partial charge on any atom is 0.0547 e. The highest BCUT2D eigenvalue weighted by atomic mass is 15.1. The lowest BCUT2D eigenvalue weighted by Crippen LogP contribution is -2.28. The van der Waals surface area contributed by atoms with Crippen molar-refractivity contribution in [2.45, 2.75) is 58.7 Å². The molecule has 2 aliphatic rings. The number of hydrogen-bond acceptors (Lipinski definition) is 3. The van der Waals surface area contributed by atoms with Crippen LogP contribution in [0.1, 0.15) is 50.9 Å². The summed E-state index contributed by atoms with van der Waals surface area (Å²) in [7, 11) is 0. The Morgan fingerprint density at radius 3 is 2.29 bits per heavy atom. The van der Waals surface area contributed by atoms with Gasteiger partial charge in [-0.25, -0.2) is 0 Å². The van der Waals surface area contributed by atoms with Gasteiger partial charge in [-0.3, -0.25) is 9.88 Å². The standard InChI is InChI=1S/C18H29N3/c1-14(2)19-10-17-4-3-5-18(20-17)13-21(11-15-6-7-15)12-16-8-9-16/h3-5,14-16,19H,6-13H2,1-2H3. The second-order valence-electron chi connectivity index (χ2n) is 7.24. The van der Waals surface area contributed by atoms with Gasteiger partial charge in [0.05, 0.1) is 11.4 Å². The van der Waals surface area contributed by atoms with Crippen molar-refractivity contribution in [3.8, 4) is 0 Å². The maximum atomic E-state index is 4.84. The van der Waals surface area contributed by atoms with Gasteiger partial charge in [0.15, 0.2) is 0 Å². The molecular weight excluding hydrogens is 258 g/mol. The highest BCUT2D eigenvalue weighted by Crippen LogP contribution is 2.34. The molecule has 2 saturated carbocycles. The highest BCUT2D eigenvalue weighted by Gasteiger charge is 2.29. The molecule has 0 spiro atoms. The van der Waals surface area contributed by atoms with E-state index in [1.807, 2.05) is 0 Å². The van der Waals surface area contributed by atoms with Gasteiger partial charge in [0.2, 0.25) is 0 Å². The third-order valence-corrected chi connectivity index (χ3v) is 4.37. The molecule has 1 aromatic heterocycles. The molecule has 1 aromatic rings. The quantitative estimate of drug-likeness (QED) is 0.756. The number of nitrogens with one attached hydrogen (secondary N) is 1. The summed E-state index contributed by atoms with van der Waals surface area (Å²) in [4.78, 5) is 7.49. The van der Waals surface area contributed by atoms with E-state index < -0.39 is 0 Å². The van der Waals surface area contributed by atoms with Crippen LogP contribution in [-0.4, -0.2) is 29.0 Å². The molecule has 0 saturated heterocycles. The van der Waals surface area contributed by atoms with Gasteiger partial charge in [-0.15, -0.1) is 0 Å². The van der Waals surface area contributed by atoms with Crippen LogP contribution in [0, 0.1) is 11.8 Å². The summed E-state index contributed by atoms with van der Waals surface area (Å²) in [6.07, 6.45) is 5.75. The first-order chi connectivity index (χ1) is 10.2. The minimum absolute atomic E-state index is 0.511. The summed E-state index contributed by atoms with van der Waals surface area (Å²) in [6, 6.07) is 6.99. The second kappa shape index (κ2) is 6.89. The van der Waals surface area contributed by atoms with Gasteiger partial charge in [0, 0.05) is 32.2 Å². The number of hydrogen-bond donors (Lipinski definition) is 1. The molecule has 0 aromatic carbocycles. The minimum Gasteiger partial charge on any atom is -0.309 e. The van der Waals surface area contributed by atoms with Crippen LogP contribution in [0.4, 0.5) is 0 Å². The van der Waals surface area contributed by atoms with E-state index in [1.54, 1.807) is 0 Å². The largest absolute Gasteiger partial charge is 0.309 e. The zero-order valence-electron chi connectivity index (χ0n) is 13.5. The zero-order valence-corrected chi connectivity index (χ0v) is 13.5. The first-order valence-electron chi connectivity index (χ1n) is 8.59. The molecule has 21 heavy (non-hydrogen) atoms. The van der Waals surface area contributed by atoms with E-state index in [0.717, 1.165) is 24.9 Å². The van der Waals surface area contributed by atoms with Crippen LogP contribution in [0.5, 0.6) is 0 Å². The smallest absolute Gasteiger partial charge is 0.0547 e. The van der Waals surface area contributed by atoms with Gasteiger partial charge in [-0.2, -0.15) is 0 Å². The molecule has 0 bridgehead atoms. The fourth-order valence-electron chi connectivity index (χ4n) is 2.79. The van der Waals surface area contributed by atoms with E-state index in [0.29, 0.717) is 6.04 Å². The van der Waals surface area contributed by atoms with Crippen LogP contribution in [0.15, 0.2) is 18.2 Å². The lowest BCUT2D eigenvalue weighted by molar-refractivity contribution is 0.241. The van der Waals surface area contributed by atoms with Crippen molar-refractivity contribution < 1.29 is 0 Å². The highest BCUT2D eigenvalue weighted by molar-refractivity contribution is 5.11. The Morgan fingerprint density at radius 1 is 1.10 bits per heavy atom. The van der Waals surface area contributed by atoms with Gasteiger partial charge < -0.3 is 5.32 Å². The molecule has 1 heterocycles. The molecule has 2 aliphatic carbocycles. The van der Waals surface area contributed by atoms with Crippen LogP contribution in [-0.2, 0) is 13.1 Å². The summed E-state index contributed by atoms with van der Waals surface area (Å²) < 4.78 is 0. The third kappa shape index (κ3) is 5.40. The summed E-state index contributed by atoms with van der Waals surface area (Å²) in [5.74, 6) is 1.93. The molecular formula is C18H29N3. The number of pyridine rings is 1. The molecule has 0 aliphatic heterocycles. The summed E-state index contributed by atoms with van der Waals surface area (Å²) >= 11 is 0. The number of nitrogens with zero attached hydrogens (tertiary/aromatic N) is 2. The van der Waals surface area contributed by atoms with E-state index in [4.69, 9.17) is 4.98 Å². The number of rotatable bonds is 9. The predicted molar refractivity (Wildman–Crippen MR) is 86.9 cm³/mol. The van der Waals surface area contributed by atoms with Crippen molar-refractivity contribution in [2.24, 2.45) is 11.8 Å².